The molecule has 2 fully saturated rings. The standard InChI is InChI=1S/C13H20O3/c1-2-16-13(15)8-9-4-3-5-11-10(9)6-7-12(11)14/h9-11H,2-8H2,1H3/t9-,10+,11-/m1/s1. The van der Waals surface area contributed by atoms with Crippen LogP contribution in [0, 0.1) is 17.8 Å². The van der Waals surface area contributed by atoms with E-state index in [1.807, 2.05) is 6.92 Å². The van der Waals surface area contributed by atoms with Gasteiger partial charge in [-0.3, -0.25) is 9.59 Å². The monoisotopic (exact) mass is 224 g/mol. The molecule has 16 heavy (non-hydrogen) atoms. The molecule has 0 amide bonds. The third kappa shape index (κ3) is 2.28. The lowest BCUT2D eigenvalue weighted by molar-refractivity contribution is -0.145. The van der Waals surface area contributed by atoms with Gasteiger partial charge in [0.25, 0.3) is 0 Å². The van der Waals surface area contributed by atoms with Crippen LogP contribution in [0.1, 0.15) is 45.4 Å². The fourth-order valence-corrected chi connectivity index (χ4v) is 3.38. The number of rotatable bonds is 3. The number of esters is 1. The summed E-state index contributed by atoms with van der Waals surface area (Å²) in [5, 5.41) is 0. The Morgan fingerprint density at radius 1 is 1.38 bits per heavy atom. The molecular weight excluding hydrogens is 204 g/mol. The molecule has 0 N–H and O–H groups in total. The topological polar surface area (TPSA) is 43.4 Å². The molecule has 0 aromatic carbocycles. The largest absolute Gasteiger partial charge is 0.466 e. The van der Waals surface area contributed by atoms with Gasteiger partial charge in [-0.05, 0) is 38.0 Å². The molecule has 0 aromatic heterocycles. The van der Waals surface area contributed by atoms with Gasteiger partial charge in [0, 0.05) is 18.8 Å². The maximum atomic E-state index is 11.6. The average Bonchev–Trinajstić information content (AvgIpc) is 2.62. The zero-order valence-corrected chi connectivity index (χ0v) is 9.91. The van der Waals surface area contributed by atoms with Crippen LogP contribution >= 0.6 is 0 Å². The molecule has 0 spiro atoms. The predicted molar refractivity (Wildman–Crippen MR) is 59.8 cm³/mol. The zero-order valence-electron chi connectivity index (χ0n) is 9.91. The summed E-state index contributed by atoms with van der Waals surface area (Å²) in [5.74, 6) is 1.45. The van der Waals surface area contributed by atoms with E-state index in [4.69, 9.17) is 4.74 Å². The van der Waals surface area contributed by atoms with Crippen LogP contribution < -0.4 is 0 Å². The quantitative estimate of drug-likeness (QED) is 0.691. The highest BCUT2D eigenvalue weighted by Crippen LogP contribution is 2.44. The van der Waals surface area contributed by atoms with E-state index in [-0.39, 0.29) is 11.9 Å². The fourth-order valence-electron chi connectivity index (χ4n) is 3.38. The lowest BCUT2D eigenvalue weighted by atomic mass is 9.72. The Kier molecular flexibility index (Phi) is 3.62. The van der Waals surface area contributed by atoms with Crippen LogP contribution in [0.2, 0.25) is 0 Å². The van der Waals surface area contributed by atoms with Gasteiger partial charge in [0.2, 0.25) is 0 Å². The predicted octanol–water partition coefficient (Wildman–Crippen LogP) is 2.33. The Labute approximate surface area is 96.5 Å². The van der Waals surface area contributed by atoms with Crippen LogP contribution in [0.5, 0.6) is 0 Å². The highest BCUT2D eigenvalue weighted by atomic mass is 16.5. The van der Waals surface area contributed by atoms with Gasteiger partial charge >= 0.3 is 5.97 Å². The third-order valence-corrected chi connectivity index (χ3v) is 4.08. The van der Waals surface area contributed by atoms with Crippen molar-refractivity contribution in [2.75, 3.05) is 6.61 Å². The summed E-state index contributed by atoms with van der Waals surface area (Å²) in [6.07, 6.45) is 5.47. The first-order chi connectivity index (χ1) is 7.72. The minimum Gasteiger partial charge on any atom is -0.466 e. The van der Waals surface area contributed by atoms with Crippen LogP contribution in [0.3, 0.4) is 0 Å². The van der Waals surface area contributed by atoms with Gasteiger partial charge in [0.1, 0.15) is 5.78 Å². The molecule has 0 radical (unpaired) electrons. The van der Waals surface area contributed by atoms with Crippen molar-refractivity contribution in [3.05, 3.63) is 0 Å². The number of hydrogen-bond donors (Lipinski definition) is 0. The van der Waals surface area contributed by atoms with Gasteiger partial charge in [-0.25, -0.2) is 0 Å². The molecule has 3 heteroatoms. The Morgan fingerprint density at radius 2 is 2.19 bits per heavy atom. The van der Waals surface area contributed by atoms with E-state index in [9.17, 15) is 9.59 Å². The number of carbonyl (C=O) groups excluding carboxylic acids is 2. The van der Waals surface area contributed by atoms with Gasteiger partial charge in [-0.2, -0.15) is 0 Å². The minimum atomic E-state index is -0.0903. The summed E-state index contributed by atoms with van der Waals surface area (Å²) in [6, 6.07) is 0. The average molecular weight is 224 g/mol. The van der Waals surface area contributed by atoms with E-state index in [0.29, 0.717) is 30.6 Å². The van der Waals surface area contributed by atoms with Gasteiger partial charge in [-0.15, -0.1) is 0 Å². The molecule has 0 aromatic rings. The SMILES string of the molecule is CCOC(=O)C[C@H]1CCC[C@H]2C(=O)CC[C@@H]12. The van der Waals surface area contributed by atoms with E-state index >= 15 is 0 Å². The van der Waals surface area contributed by atoms with E-state index < -0.39 is 0 Å². The second kappa shape index (κ2) is 4.98. The summed E-state index contributed by atoms with van der Waals surface area (Å²) in [6.45, 7) is 2.29. The van der Waals surface area contributed by atoms with Crippen molar-refractivity contribution in [2.24, 2.45) is 17.8 Å². The van der Waals surface area contributed by atoms with Gasteiger partial charge in [-0.1, -0.05) is 6.42 Å². The molecule has 0 saturated heterocycles. The summed E-state index contributed by atoms with van der Waals surface area (Å²) in [4.78, 5) is 23.1. The highest BCUT2D eigenvalue weighted by molar-refractivity contribution is 5.83. The van der Waals surface area contributed by atoms with Gasteiger partial charge in [0.15, 0.2) is 0 Å². The number of Topliss-reactive ketones (excluding diaryl/α,β-unsaturated/α-hetero) is 1. The van der Waals surface area contributed by atoms with E-state index in [2.05, 4.69) is 0 Å². The van der Waals surface area contributed by atoms with Crippen molar-refractivity contribution in [3.8, 4) is 0 Å². The molecule has 3 nitrogen and oxygen atoms in total. The molecule has 2 saturated carbocycles. The molecule has 2 aliphatic carbocycles. The lowest BCUT2D eigenvalue weighted by Crippen LogP contribution is -2.29. The Balaban J connectivity index is 1.94. The van der Waals surface area contributed by atoms with Crippen LogP contribution in [-0.4, -0.2) is 18.4 Å². The highest BCUT2D eigenvalue weighted by Gasteiger charge is 2.42. The lowest BCUT2D eigenvalue weighted by Gasteiger charge is -2.32. The number of ether oxygens (including phenoxy) is 1. The summed E-state index contributed by atoms with van der Waals surface area (Å²) < 4.78 is 5.00. The zero-order chi connectivity index (χ0) is 11.5. The van der Waals surface area contributed by atoms with Crippen LogP contribution in [0.4, 0.5) is 0 Å². The first kappa shape index (κ1) is 11.6. The number of carbonyl (C=O) groups is 2. The first-order valence-corrected chi connectivity index (χ1v) is 6.40. The van der Waals surface area contributed by atoms with Crippen molar-refractivity contribution >= 4 is 11.8 Å². The van der Waals surface area contributed by atoms with E-state index in [1.54, 1.807) is 0 Å². The van der Waals surface area contributed by atoms with Crippen molar-refractivity contribution in [3.63, 3.8) is 0 Å². The number of fused-ring (bicyclic) bond motifs is 1. The second-order valence-corrected chi connectivity index (χ2v) is 4.98. The summed E-state index contributed by atoms with van der Waals surface area (Å²) >= 11 is 0. The van der Waals surface area contributed by atoms with E-state index in [0.717, 1.165) is 32.1 Å². The maximum Gasteiger partial charge on any atom is 0.306 e. The Hall–Kier alpha value is -0.860. The molecule has 3 atom stereocenters. The second-order valence-electron chi connectivity index (χ2n) is 4.98. The van der Waals surface area contributed by atoms with Crippen molar-refractivity contribution in [1.82, 2.24) is 0 Å². The third-order valence-electron chi connectivity index (χ3n) is 4.08. The van der Waals surface area contributed by atoms with Gasteiger partial charge < -0.3 is 4.74 Å². The first-order valence-electron chi connectivity index (χ1n) is 6.40. The Bertz CT molecular complexity index is 285. The molecule has 0 aliphatic heterocycles. The molecule has 0 bridgehead atoms. The fraction of sp³-hybridized carbons (Fsp3) is 0.846. The van der Waals surface area contributed by atoms with Gasteiger partial charge in [0.05, 0.1) is 6.61 Å². The van der Waals surface area contributed by atoms with Crippen LogP contribution in [0.25, 0.3) is 0 Å². The molecule has 0 heterocycles. The Morgan fingerprint density at radius 3 is 2.94 bits per heavy atom. The minimum absolute atomic E-state index is 0.0903. The normalized spacial score (nSPS) is 33.6. The molecule has 0 unspecified atom stereocenters. The van der Waals surface area contributed by atoms with Crippen molar-refractivity contribution in [1.29, 1.82) is 0 Å². The number of ketones is 1. The molecular formula is C13H20O3. The van der Waals surface area contributed by atoms with Crippen molar-refractivity contribution in [2.45, 2.75) is 45.4 Å². The number of hydrogen-bond acceptors (Lipinski definition) is 3. The van der Waals surface area contributed by atoms with Crippen LogP contribution in [0.15, 0.2) is 0 Å². The molecule has 90 valence electrons. The summed E-state index contributed by atoms with van der Waals surface area (Å²) in [7, 11) is 0. The van der Waals surface area contributed by atoms with Crippen molar-refractivity contribution < 1.29 is 14.3 Å². The summed E-state index contributed by atoms with van der Waals surface area (Å²) in [5.41, 5.74) is 0. The van der Waals surface area contributed by atoms with Crippen LogP contribution in [-0.2, 0) is 14.3 Å². The van der Waals surface area contributed by atoms with E-state index in [1.165, 1.54) is 0 Å². The molecule has 2 rings (SSSR count). The maximum absolute atomic E-state index is 11.6. The molecule has 2 aliphatic rings. The smallest absolute Gasteiger partial charge is 0.306 e.